The monoisotopic (exact) mass is 458 g/mol. The van der Waals surface area contributed by atoms with Gasteiger partial charge in [-0.15, -0.1) is 0 Å². The van der Waals surface area contributed by atoms with E-state index in [9.17, 15) is 9.90 Å². The largest absolute Gasteiger partial charge is 0.493 e. The average molecular weight is 459 g/mol. The van der Waals surface area contributed by atoms with Crippen LogP contribution in [-0.4, -0.2) is 44.6 Å². The first-order valence-corrected chi connectivity index (χ1v) is 11.7. The number of rotatable bonds is 7. The Morgan fingerprint density at radius 1 is 1.38 bits per heavy atom. The van der Waals surface area contributed by atoms with Gasteiger partial charge in [0.25, 0.3) is 0 Å². The summed E-state index contributed by atoms with van der Waals surface area (Å²) >= 11 is 6.74. The lowest BCUT2D eigenvalue weighted by molar-refractivity contribution is -0.0415. The third-order valence-corrected chi connectivity index (χ3v) is 6.94. The van der Waals surface area contributed by atoms with Crippen LogP contribution < -0.4 is 15.4 Å². The normalized spacial score (nSPS) is 19.5. The number of nitrogens with one attached hydrogen (secondary N) is 2. The van der Waals surface area contributed by atoms with Crippen LogP contribution in [0.25, 0.3) is 11.1 Å². The Balaban J connectivity index is 1.70. The third kappa shape index (κ3) is 4.72. The van der Waals surface area contributed by atoms with Crippen molar-refractivity contribution in [3.63, 3.8) is 0 Å². The fourth-order valence-corrected chi connectivity index (χ4v) is 5.22. The van der Waals surface area contributed by atoms with Crippen molar-refractivity contribution < 1.29 is 19.4 Å². The quantitative estimate of drug-likeness (QED) is 0.540. The number of hydrogen-bond acceptors (Lipinski definition) is 5. The molecule has 172 valence electrons. The number of amides is 1. The van der Waals surface area contributed by atoms with E-state index in [1.807, 2.05) is 24.3 Å². The van der Waals surface area contributed by atoms with Crippen LogP contribution >= 0.6 is 11.6 Å². The topological polar surface area (TPSA) is 79.8 Å². The lowest BCUT2D eigenvalue weighted by atomic mass is 9.72. The van der Waals surface area contributed by atoms with E-state index >= 15 is 0 Å². The first kappa shape index (κ1) is 22.9. The van der Waals surface area contributed by atoms with Crippen molar-refractivity contribution in [2.24, 2.45) is 5.92 Å². The Hall–Kier alpha value is -2.28. The molecule has 0 radical (unpaired) electrons. The maximum atomic E-state index is 12.2. The van der Waals surface area contributed by atoms with Gasteiger partial charge in [-0.2, -0.15) is 0 Å². The molecule has 6 nitrogen and oxygen atoms in total. The van der Waals surface area contributed by atoms with E-state index in [-0.39, 0.29) is 5.92 Å². The first-order valence-electron chi connectivity index (χ1n) is 11.3. The van der Waals surface area contributed by atoms with E-state index in [0.29, 0.717) is 31.0 Å². The van der Waals surface area contributed by atoms with Gasteiger partial charge in [0.05, 0.1) is 19.3 Å². The summed E-state index contributed by atoms with van der Waals surface area (Å²) in [4.78, 5) is 11.4. The minimum Gasteiger partial charge on any atom is -0.493 e. The standard InChI is InChI=1S/C25H31ClN2O4/c1-31-24(29)28-13-4-11-25(30,19-5-3-12-27-16-19)20-6-2-7-21(26)23(20)18-9-8-17-10-14-32-22(17)15-18/h2,6-9,15,19,27,30H,3-5,10-14,16H2,1H3,(H,28,29). The molecule has 7 heteroatoms. The fraction of sp³-hybridized carbons (Fsp3) is 0.480. The maximum Gasteiger partial charge on any atom is 0.406 e. The molecule has 0 aromatic heterocycles. The Kier molecular flexibility index (Phi) is 7.23. The molecule has 4 rings (SSSR count). The van der Waals surface area contributed by atoms with Crippen LogP contribution in [0.1, 0.15) is 36.8 Å². The predicted molar refractivity (Wildman–Crippen MR) is 125 cm³/mol. The smallest absolute Gasteiger partial charge is 0.406 e. The van der Waals surface area contributed by atoms with Crippen molar-refractivity contribution in [2.75, 3.05) is 33.4 Å². The Labute approximate surface area is 194 Å². The van der Waals surface area contributed by atoms with Crippen LogP contribution in [-0.2, 0) is 16.8 Å². The Bertz CT molecular complexity index is 961. The lowest BCUT2D eigenvalue weighted by Crippen LogP contribution is -2.45. The molecule has 2 heterocycles. The fourth-order valence-electron chi connectivity index (χ4n) is 4.94. The first-order chi connectivity index (χ1) is 15.5. The highest BCUT2D eigenvalue weighted by Crippen LogP contribution is 2.45. The molecule has 1 fully saturated rings. The summed E-state index contributed by atoms with van der Waals surface area (Å²) in [5.41, 5.74) is 2.73. The van der Waals surface area contributed by atoms with Gasteiger partial charge in [0.2, 0.25) is 0 Å². The van der Waals surface area contributed by atoms with Crippen molar-refractivity contribution in [2.45, 2.75) is 37.7 Å². The second kappa shape index (κ2) is 10.1. The van der Waals surface area contributed by atoms with Crippen molar-refractivity contribution in [3.8, 4) is 16.9 Å². The van der Waals surface area contributed by atoms with Crippen molar-refractivity contribution >= 4 is 17.7 Å². The summed E-state index contributed by atoms with van der Waals surface area (Å²) in [7, 11) is 1.35. The molecule has 2 aliphatic rings. The highest BCUT2D eigenvalue weighted by Gasteiger charge is 2.40. The zero-order chi connectivity index (χ0) is 22.6. The molecule has 2 aromatic rings. The SMILES string of the molecule is COC(=O)NCCCC(O)(c1cccc(Cl)c1-c1ccc2c(c1)OCC2)C1CCCNC1. The number of alkyl carbamates (subject to hydrolysis) is 1. The number of methoxy groups -OCH3 is 1. The van der Waals surface area contributed by atoms with Crippen molar-refractivity contribution in [3.05, 3.63) is 52.5 Å². The van der Waals surface area contributed by atoms with Gasteiger partial charge in [0.15, 0.2) is 0 Å². The minimum absolute atomic E-state index is 0.0391. The molecule has 0 saturated carbocycles. The van der Waals surface area contributed by atoms with Crippen LogP contribution in [0, 0.1) is 5.92 Å². The number of ether oxygens (including phenoxy) is 2. The molecule has 2 aliphatic heterocycles. The molecule has 0 spiro atoms. The number of fused-ring (bicyclic) bond motifs is 1. The maximum absolute atomic E-state index is 12.2. The lowest BCUT2D eigenvalue weighted by Gasteiger charge is -2.40. The molecular formula is C25H31ClN2O4. The number of halogens is 1. The van der Waals surface area contributed by atoms with Crippen LogP contribution in [0.15, 0.2) is 36.4 Å². The Morgan fingerprint density at radius 2 is 2.25 bits per heavy atom. The van der Waals surface area contributed by atoms with Gasteiger partial charge in [-0.25, -0.2) is 4.79 Å². The van der Waals surface area contributed by atoms with Gasteiger partial charge in [-0.05, 0) is 61.1 Å². The molecule has 0 bridgehead atoms. The second-order valence-corrected chi connectivity index (χ2v) is 8.98. The molecule has 3 N–H and O–H groups in total. The van der Waals surface area contributed by atoms with Gasteiger partial charge >= 0.3 is 6.09 Å². The van der Waals surface area contributed by atoms with Gasteiger partial charge in [-0.3, -0.25) is 0 Å². The summed E-state index contributed by atoms with van der Waals surface area (Å²) in [5, 5.41) is 19.0. The van der Waals surface area contributed by atoms with Gasteiger partial charge in [0.1, 0.15) is 5.75 Å². The second-order valence-electron chi connectivity index (χ2n) is 8.57. The summed E-state index contributed by atoms with van der Waals surface area (Å²) in [5.74, 6) is 0.927. The number of piperidine rings is 1. The molecule has 1 saturated heterocycles. The Morgan fingerprint density at radius 3 is 3.03 bits per heavy atom. The number of benzene rings is 2. The molecule has 0 aliphatic carbocycles. The van der Waals surface area contributed by atoms with Crippen LogP contribution in [0.4, 0.5) is 4.79 Å². The van der Waals surface area contributed by atoms with Gasteiger partial charge in [0, 0.05) is 36.0 Å². The van der Waals surface area contributed by atoms with Crippen molar-refractivity contribution in [1.29, 1.82) is 0 Å². The van der Waals surface area contributed by atoms with E-state index in [1.165, 1.54) is 12.7 Å². The van der Waals surface area contributed by atoms with E-state index in [0.717, 1.165) is 54.8 Å². The number of carbonyl (C=O) groups is 1. The molecule has 2 unspecified atom stereocenters. The summed E-state index contributed by atoms with van der Waals surface area (Å²) < 4.78 is 10.4. The van der Waals surface area contributed by atoms with E-state index in [1.54, 1.807) is 0 Å². The zero-order valence-electron chi connectivity index (χ0n) is 18.5. The summed E-state index contributed by atoms with van der Waals surface area (Å²) in [6, 6.07) is 11.9. The number of aliphatic hydroxyl groups is 1. The van der Waals surface area contributed by atoms with E-state index in [4.69, 9.17) is 16.3 Å². The van der Waals surface area contributed by atoms with E-state index in [2.05, 4.69) is 27.5 Å². The van der Waals surface area contributed by atoms with Crippen LogP contribution in [0.2, 0.25) is 5.02 Å². The molecular weight excluding hydrogens is 428 g/mol. The molecule has 1 amide bonds. The van der Waals surface area contributed by atoms with E-state index < -0.39 is 11.7 Å². The number of hydrogen-bond donors (Lipinski definition) is 3. The molecule has 2 aromatic carbocycles. The van der Waals surface area contributed by atoms with Gasteiger partial charge in [-0.1, -0.05) is 35.9 Å². The molecule has 32 heavy (non-hydrogen) atoms. The van der Waals surface area contributed by atoms with Crippen molar-refractivity contribution in [1.82, 2.24) is 10.6 Å². The van der Waals surface area contributed by atoms with Crippen LogP contribution in [0.3, 0.4) is 0 Å². The van der Waals surface area contributed by atoms with Gasteiger partial charge < -0.3 is 25.2 Å². The minimum atomic E-state index is -1.09. The van der Waals surface area contributed by atoms with Crippen LogP contribution in [0.5, 0.6) is 5.75 Å². The third-order valence-electron chi connectivity index (χ3n) is 6.63. The summed E-state index contributed by atoms with van der Waals surface area (Å²) in [6.07, 6.45) is 3.49. The summed E-state index contributed by atoms with van der Waals surface area (Å²) in [6.45, 7) is 2.82. The average Bonchev–Trinajstić information content (AvgIpc) is 3.30. The zero-order valence-corrected chi connectivity index (χ0v) is 19.2. The molecule has 2 atom stereocenters. The highest BCUT2D eigenvalue weighted by atomic mass is 35.5. The highest BCUT2D eigenvalue weighted by molar-refractivity contribution is 6.33. The predicted octanol–water partition coefficient (Wildman–Crippen LogP) is 4.27. The number of carbonyl (C=O) groups excluding carboxylic acids is 1.